The largest absolute Gasteiger partial charge is 0.478 e. The molecule has 0 radical (unpaired) electrons. The highest BCUT2D eigenvalue weighted by atomic mass is 35.5. The number of hydrogen-bond acceptors (Lipinski definition) is 3. The van der Waals surface area contributed by atoms with Crippen LogP contribution in [0.2, 0.25) is 0 Å². The second-order valence-corrected chi connectivity index (χ2v) is 7.16. The van der Waals surface area contributed by atoms with Crippen LogP contribution in [0, 0.1) is 5.92 Å². The third-order valence-electron chi connectivity index (χ3n) is 4.02. The normalized spacial score (nSPS) is 19.3. The van der Waals surface area contributed by atoms with Gasteiger partial charge in [-0.1, -0.05) is 56.6 Å². The Morgan fingerprint density at radius 1 is 1.30 bits per heavy atom. The number of benzene rings is 1. The van der Waals surface area contributed by atoms with Crippen molar-refractivity contribution >= 4 is 28.6 Å². The zero-order valence-electron chi connectivity index (χ0n) is 13.6. The Hall–Kier alpha value is -1.81. The first-order chi connectivity index (χ1) is 10.7. The molecule has 1 aliphatic heterocycles. The molecule has 1 atom stereocenters. The first kappa shape index (κ1) is 17.5. The molecule has 1 aromatic carbocycles. The van der Waals surface area contributed by atoms with Crippen molar-refractivity contribution in [1.29, 1.82) is 0 Å². The number of cyclic esters (lactones) is 1. The smallest absolute Gasteiger partial charge is 0.333 e. The molecule has 2 rings (SSSR count). The number of hydrogen-bond donors (Lipinski definition) is 1. The van der Waals surface area contributed by atoms with Crippen molar-refractivity contribution in [3.63, 3.8) is 0 Å². The number of ether oxygens (including phenoxy) is 1. The summed E-state index contributed by atoms with van der Waals surface area (Å²) in [6.45, 7) is 6.66. The van der Waals surface area contributed by atoms with E-state index in [-0.39, 0.29) is 28.4 Å². The molecular weight excluding hydrogens is 316 g/mol. The number of halogens is 1. The molecule has 1 heterocycles. The lowest BCUT2D eigenvalue weighted by Crippen LogP contribution is -2.13. The van der Waals surface area contributed by atoms with Crippen molar-refractivity contribution in [3.8, 4) is 0 Å². The number of carboxylic acids is 1. The Morgan fingerprint density at radius 2 is 1.91 bits per heavy atom. The van der Waals surface area contributed by atoms with Crippen LogP contribution in [0.15, 0.2) is 29.8 Å². The molecule has 1 aliphatic rings. The third-order valence-corrected chi connectivity index (χ3v) is 4.47. The van der Waals surface area contributed by atoms with Crippen LogP contribution in [0.3, 0.4) is 0 Å². The minimum Gasteiger partial charge on any atom is -0.478 e. The zero-order valence-corrected chi connectivity index (χ0v) is 14.3. The number of rotatable bonds is 4. The van der Waals surface area contributed by atoms with E-state index < -0.39 is 11.9 Å². The first-order valence-electron chi connectivity index (χ1n) is 7.59. The Morgan fingerprint density at radius 3 is 2.35 bits per heavy atom. The second kappa shape index (κ2) is 6.75. The van der Waals surface area contributed by atoms with Gasteiger partial charge in [-0.3, -0.25) is 4.79 Å². The van der Waals surface area contributed by atoms with Gasteiger partial charge in [-0.2, -0.15) is 0 Å². The Kier molecular flexibility index (Phi) is 5.15. The average molecular weight is 337 g/mol. The lowest BCUT2D eigenvalue weighted by atomic mass is 9.86. The van der Waals surface area contributed by atoms with Crippen LogP contribution in [-0.2, 0) is 19.7 Å². The van der Waals surface area contributed by atoms with Gasteiger partial charge in [-0.15, -0.1) is 0 Å². The maximum absolute atomic E-state index is 11.6. The zero-order chi connectivity index (χ0) is 17.2. The van der Waals surface area contributed by atoms with Gasteiger partial charge in [-0.05, 0) is 29.4 Å². The Balaban J connectivity index is 2.31. The summed E-state index contributed by atoms with van der Waals surface area (Å²) in [6, 6.07) is 7.53. The molecule has 0 spiro atoms. The molecule has 1 unspecified atom stereocenters. The van der Waals surface area contributed by atoms with E-state index in [1.807, 2.05) is 24.3 Å². The molecule has 4 nitrogen and oxygen atoms in total. The maximum Gasteiger partial charge on any atom is 0.333 e. The summed E-state index contributed by atoms with van der Waals surface area (Å²) < 4.78 is 4.89. The van der Waals surface area contributed by atoms with E-state index in [1.54, 1.807) is 0 Å². The minimum atomic E-state index is -1.10. The summed E-state index contributed by atoms with van der Waals surface area (Å²) in [5, 5.41) is 9.62. The van der Waals surface area contributed by atoms with Crippen LogP contribution < -0.4 is 0 Å². The molecule has 1 saturated heterocycles. The monoisotopic (exact) mass is 336 g/mol. The molecule has 124 valence electrons. The molecule has 1 aromatic rings. The highest BCUT2D eigenvalue weighted by Gasteiger charge is 2.30. The van der Waals surface area contributed by atoms with Crippen molar-refractivity contribution < 1.29 is 19.4 Å². The molecule has 0 aliphatic carbocycles. The lowest BCUT2D eigenvalue weighted by Gasteiger charge is -2.19. The van der Waals surface area contributed by atoms with E-state index in [9.17, 15) is 14.7 Å². The van der Waals surface area contributed by atoms with Gasteiger partial charge in [-0.25, -0.2) is 4.79 Å². The van der Waals surface area contributed by atoms with Crippen LogP contribution >= 0.6 is 11.6 Å². The fourth-order valence-electron chi connectivity index (χ4n) is 2.53. The lowest BCUT2D eigenvalue weighted by molar-refractivity contribution is -0.141. The summed E-state index contributed by atoms with van der Waals surface area (Å²) in [7, 11) is 0. The van der Waals surface area contributed by atoms with Gasteiger partial charge in [0.15, 0.2) is 0 Å². The quantitative estimate of drug-likeness (QED) is 0.667. The standard InChI is InChI=1S/C18H21ClO4/c1-18(2,3)13-6-4-11(5-7-13)15(19)14(16(20)21)10-12-8-9-23-17(12)22/h4-7,12H,8-10H2,1-3H3,(H,20,21)/b15-14+. The van der Waals surface area contributed by atoms with E-state index >= 15 is 0 Å². The molecule has 0 aromatic heterocycles. The van der Waals surface area contributed by atoms with Crippen molar-refractivity contribution in [2.24, 2.45) is 5.92 Å². The van der Waals surface area contributed by atoms with Gasteiger partial charge in [0, 0.05) is 0 Å². The predicted molar refractivity (Wildman–Crippen MR) is 89.2 cm³/mol. The van der Waals surface area contributed by atoms with Crippen LogP contribution in [0.4, 0.5) is 0 Å². The van der Waals surface area contributed by atoms with E-state index in [4.69, 9.17) is 16.3 Å². The van der Waals surface area contributed by atoms with Gasteiger partial charge in [0.2, 0.25) is 0 Å². The molecular formula is C18H21ClO4. The van der Waals surface area contributed by atoms with Crippen molar-refractivity contribution in [2.75, 3.05) is 6.61 Å². The predicted octanol–water partition coefficient (Wildman–Crippen LogP) is 3.97. The molecule has 0 amide bonds. The average Bonchev–Trinajstić information content (AvgIpc) is 2.88. The van der Waals surface area contributed by atoms with Crippen molar-refractivity contribution in [1.82, 2.24) is 0 Å². The summed E-state index contributed by atoms with van der Waals surface area (Å²) >= 11 is 6.31. The molecule has 0 saturated carbocycles. The van der Waals surface area contributed by atoms with E-state index in [0.29, 0.717) is 18.6 Å². The van der Waals surface area contributed by atoms with Crippen molar-refractivity contribution in [3.05, 3.63) is 41.0 Å². The van der Waals surface area contributed by atoms with E-state index in [2.05, 4.69) is 20.8 Å². The number of esters is 1. The number of aliphatic carboxylic acids is 1. The molecule has 0 bridgehead atoms. The third kappa shape index (κ3) is 4.14. The number of carbonyl (C=O) groups is 2. The molecule has 1 N–H and O–H groups in total. The van der Waals surface area contributed by atoms with Crippen LogP contribution in [-0.4, -0.2) is 23.7 Å². The molecule has 23 heavy (non-hydrogen) atoms. The van der Waals surface area contributed by atoms with Gasteiger partial charge < -0.3 is 9.84 Å². The highest BCUT2D eigenvalue weighted by molar-refractivity contribution is 6.50. The number of carbonyl (C=O) groups excluding carboxylic acids is 1. The summed E-state index contributed by atoms with van der Waals surface area (Å²) in [5.41, 5.74) is 1.85. The summed E-state index contributed by atoms with van der Waals surface area (Å²) in [6.07, 6.45) is 0.622. The Labute approximate surface area is 141 Å². The molecule has 5 heteroatoms. The van der Waals surface area contributed by atoms with Gasteiger partial charge in [0.25, 0.3) is 0 Å². The topological polar surface area (TPSA) is 63.6 Å². The van der Waals surface area contributed by atoms with Crippen LogP contribution in [0.5, 0.6) is 0 Å². The SMILES string of the molecule is CC(C)(C)c1ccc(/C(Cl)=C(/CC2CCOC2=O)C(=O)O)cc1. The maximum atomic E-state index is 11.6. The van der Waals surface area contributed by atoms with Gasteiger partial charge in [0.05, 0.1) is 23.1 Å². The van der Waals surface area contributed by atoms with Gasteiger partial charge >= 0.3 is 11.9 Å². The fraction of sp³-hybridized carbons (Fsp3) is 0.444. The van der Waals surface area contributed by atoms with Crippen LogP contribution in [0.1, 0.15) is 44.7 Å². The highest BCUT2D eigenvalue weighted by Crippen LogP contribution is 2.32. The molecule has 1 fully saturated rings. The summed E-state index contributed by atoms with van der Waals surface area (Å²) in [4.78, 5) is 23.1. The second-order valence-electron chi connectivity index (χ2n) is 6.78. The van der Waals surface area contributed by atoms with Gasteiger partial charge in [0.1, 0.15) is 0 Å². The van der Waals surface area contributed by atoms with Crippen molar-refractivity contribution in [2.45, 2.75) is 39.0 Å². The minimum absolute atomic E-state index is 0.0119. The Bertz CT molecular complexity index is 638. The summed E-state index contributed by atoms with van der Waals surface area (Å²) in [5.74, 6) is -1.88. The van der Waals surface area contributed by atoms with Crippen LogP contribution in [0.25, 0.3) is 5.03 Å². The number of carboxylic acid groups (broad SMARTS) is 1. The van der Waals surface area contributed by atoms with E-state index in [1.165, 1.54) is 0 Å². The fourth-order valence-corrected chi connectivity index (χ4v) is 2.81. The first-order valence-corrected chi connectivity index (χ1v) is 7.97. The van der Waals surface area contributed by atoms with E-state index in [0.717, 1.165) is 5.56 Å².